The monoisotopic (exact) mass is 484 g/mol. The molecule has 2 aromatic carbocycles. The van der Waals surface area contributed by atoms with Crippen LogP contribution in [0.4, 0.5) is 5.69 Å². The molecule has 3 aromatic rings. The van der Waals surface area contributed by atoms with E-state index in [0.717, 1.165) is 11.1 Å². The van der Waals surface area contributed by atoms with Crippen molar-refractivity contribution in [3.8, 4) is 11.5 Å². The van der Waals surface area contributed by atoms with Crippen molar-refractivity contribution in [3.63, 3.8) is 0 Å². The first-order valence-electron chi connectivity index (χ1n) is 10.6. The molecule has 0 radical (unpaired) electrons. The number of aliphatic hydroxyl groups excluding tert-OH is 1. The first-order valence-corrected chi connectivity index (χ1v) is 11.5. The minimum Gasteiger partial charge on any atom is -0.497 e. The van der Waals surface area contributed by atoms with E-state index in [-0.39, 0.29) is 30.7 Å². The fraction of sp³-hybridized carbons (Fsp3) is 0.292. The van der Waals surface area contributed by atoms with Gasteiger partial charge in [0, 0.05) is 12.6 Å². The molecular weight excluding hydrogens is 456 g/mol. The lowest BCUT2D eigenvalue weighted by atomic mass is 10.1. The van der Waals surface area contributed by atoms with Crippen molar-refractivity contribution in [2.75, 3.05) is 25.3 Å². The summed E-state index contributed by atoms with van der Waals surface area (Å²) in [6.45, 7) is 2.11. The number of benzene rings is 2. The molecule has 0 aliphatic carbocycles. The van der Waals surface area contributed by atoms with Gasteiger partial charge in [-0.15, -0.1) is 0 Å². The SMILES string of the molecule is COc1ccc(OC)c(NC(=O)CSc2ncc(CO)n2CC(=O)NCc2ccc(C)cc2)c1. The van der Waals surface area contributed by atoms with Gasteiger partial charge >= 0.3 is 0 Å². The van der Waals surface area contributed by atoms with E-state index in [9.17, 15) is 14.7 Å². The average molecular weight is 485 g/mol. The standard InChI is InChI=1S/C24H28N4O5S/c1-16-4-6-17(7-5-16)11-25-22(30)13-28-18(14-29)12-26-24(28)34-15-23(31)27-20-10-19(32-2)8-9-21(20)33-3/h4-10,12,29H,11,13-15H2,1-3H3,(H,25,30)(H,27,31). The van der Waals surface area contributed by atoms with E-state index in [1.807, 2.05) is 31.2 Å². The Morgan fingerprint density at radius 2 is 1.85 bits per heavy atom. The number of carbonyl (C=O) groups is 2. The smallest absolute Gasteiger partial charge is 0.240 e. The Bertz CT molecular complexity index is 1130. The van der Waals surface area contributed by atoms with Crippen LogP contribution in [0.1, 0.15) is 16.8 Å². The fourth-order valence-electron chi connectivity index (χ4n) is 3.14. The number of rotatable bonds is 11. The Morgan fingerprint density at radius 3 is 2.53 bits per heavy atom. The van der Waals surface area contributed by atoms with Gasteiger partial charge in [0.2, 0.25) is 11.8 Å². The summed E-state index contributed by atoms with van der Waals surface area (Å²) in [5, 5.41) is 15.8. The first-order chi connectivity index (χ1) is 16.4. The molecule has 0 atom stereocenters. The van der Waals surface area contributed by atoms with Gasteiger partial charge in [0.05, 0.1) is 44.2 Å². The number of carbonyl (C=O) groups excluding carboxylic acids is 2. The molecule has 0 bridgehead atoms. The summed E-state index contributed by atoms with van der Waals surface area (Å²) in [5.74, 6) is 0.644. The first kappa shape index (κ1) is 25.1. The average Bonchev–Trinajstić information content (AvgIpc) is 3.23. The van der Waals surface area contributed by atoms with Gasteiger partial charge in [-0.25, -0.2) is 4.98 Å². The summed E-state index contributed by atoms with van der Waals surface area (Å²) < 4.78 is 12.1. The van der Waals surface area contributed by atoms with E-state index in [2.05, 4.69) is 15.6 Å². The van der Waals surface area contributed by atoms with Crippen LogP contribution in [0, 0.1) is 6.92 Å². The normalized spacial score (nSPS) is 10.6. The lowest BCUT2D eigenvalue weighted by Crippen LogP contribution is -2.28. The van der Waals surface area contributed by atoms with Crippen LogP contribution in [0.25, 0.3) is 0 Å². The van der Waals surface area contributed by atoms with E-state index in [0.29, 0.717) is 34.6 Å². The summed E-state index contributed by atoms with van der Waals surface area (Å²) in [5.41, 5.74) is 3.12. The third kappa shape index (κ3) is 6.75. The van der Waals surface area contributed by atoms with Gasteiger partial charge in [-0.3, -0.25) is 9.59 Å². The zero-order valence-corrected chi connectivity index (χ0v) is 20.1. The number of nitrogens with zero attached hydrogens (tertiary/aromatic N) is 2. The van der Waals surface area contributed by atoms with E-state index in [1.165, 1.54) is 25.1 Å². The van der Waals surface area contributed by atoms with Crippen LogP contribution in [0.2, 0.25) is 0 Å². The molecule has 2 amide bonds. The van der Waals surface area contributed by atoms with Crippen LogP contribution in [-0.4, -0.2) is 46.4 Å². The number of amides is 2. The van der Waals surface area contributed by atoms with Crippen molar-refractivity contribution in [2.45, 2.75) is 31.8 Å². The molecule has 0 unspecified atom stereocenters. The number of anilines is 1. The third-order valence-electron chi connectivity index (χ3n) is 4.99. The van der Waals surface area contributed by atoms with Gasteiger partial charge in [-0.1, -0.05) is 41.6 Å². The quantitative estimate of drug-likeness (QED) is 0.359. The molecular formula is C24H28N4O5S. The highest BCUT2D eigenvalue weighted by molar-refractivity contribution is 7.99. The molecule has 180 valence electrons. The molecule has 0 aliphatic heterocycles. The number of thioether (sulfide) groups is 1. The summed E-state index contributed by atoms with van der Waals surface area (Å²) in [6.07, 6.45) is 1.50. The topological polar surface area (TPSA) is 115 Å². The highest BCUT2D eigenvalue weighted by Crippen LogP contribution is 2.29. The van der Waals surface area contributed by atoms with E-state index in [1.54, 1.807) is 29.9 Å². The number of aliphatic hydroxyl groups is 1. The molecule has 0 spiro atoms. The summed E-state index contributed by atoms with van der Waals surface area (Å²) in [6, 6.07) is 13.0. The van der Waals surface area contributed by atoms with E-state index in [4.69, 9.17) is 9.47 Å². The van der Waals surface area contributed by atoms with Crippen LogP contribution >= 0.6 is 11.8 Å². The van der Waals surface area contributed by atoms with E-state index >= 15 is 0 Å². The largest absolute Gasteiger partial charge is 0.497 e. The van der Waals surface area contributed by atoms with Crippen LogP contribution in [0.3, 0.4) is 0 Å². The van der Waals surface area contributed by atoms with Gasteiger partial charge in [0.15, 0.2) is 5.16 Å². The maximum atomic E-state index is 12.6. The Labute approximate surface area is 202 Å². The number of hydrogen-bond donors (Lipinski definition) is 3. The number of aryl methyl sites for hydroxylation is 1. The second kappa shape index (κ2) is 12.1. The zero-order valence-electron chi connectivity index (χ0n) is 19.3. The predicted molar refractivity (Wildman–Crippen MR) is 130 cm³/mol. The molecule has 0 saturated carbocycles. The molecule has 10 heteroatoms. The molecule has 0 fully saturated rings. The van der Waals surface area contributed by atoms with Crippen molar-refractivity contribution in [1.82, 2.24) is 14.9 Å². The van der Waals surface area contributed by atoms with Gasteiger partial charge in [-0.05, 0) is 24.6 Å². The lowest BCUT2D eigenvalue weighted by molar-refractivity contribution is -0.122. The summed E-state index contributed by atoms with van der Waals surface area (Å²) in [7, 11) is 3.06. The molecule has 34 heavy (non-hydrogen) atoms. The second-order valence-corrected chi connectivity index (χ2v) is 8.38. The van der Waals surface area contributed by atoms with Crippen molar-refractivity contribution < 1.29 is 24.2 Å². The number of aromatic nitrogens is 2. The Balaban J connectivity index is 1.60. The van der Waals surface area contributed by atoms with Crippen molar-refractivity contribution in [3.05, 3.63) is 65.5 Å². The van der Waals surface area contributed by atoms with Gasteiger partial charge in [0.25, 0.3) is 0 Å². The van der Waals surface area contributed by atoms with Crippen LogP contribution in [0.15, 0.2) is 53.8 Å². The van der Waals surface area contributed by atoms with Crippen LogP contribution < -0.4 is 20.1 Å². The Morgan fingerprint density at radius 1 is 1.09 bits per heavy atom. The second-order valence-electron chi connectivity index (χ2n) is 7.44. The molecule has 9 nitrogen and oxygen atoms in total. The minimum absolute atomic E-state index is 0.0184. The van der Waals surface area contributed by atoms with E-state index < -0.39 is 0 Å². The van der Waals surface area contributed by atoms with Gasteiger partial charge < -0.3 is 29.8 Å². The van der Waals surface area contributed by atoms with Crippen molar-refractivity contribution >= 4 is 29.3 Å². The predicted octanol–water partition coefficient (Wildman–Crippen LogP) is 2.75. The van der Waals surface area contributed by atoms with Crippen LogP contribution in [-0.2, 0) is 29.3 Å². The molecule has 0 saturated heterocycles. The number of methoxy groups -OCH3 is 2. The summed E-state index contributed by atoms with van der Waals surface area (Å²) in [4.78, 5) is 29.3. The van der Waals surface area contributed by atoms with Gasteiger partial charge in [0.1, 0.15) is 18.0 Å². The van der Waals surface area contributed by atoms with Crippen molar-refractivity contribution in [1.29, 1.82) is 0 Å². The molecule has 3 N–H and O–H groups in total. The Hall–Kier alpha value is -3.50. The maximum Gasteiger partial charge on any atom is 0.240 e. The zero-order chi connectivity index (χ0) is 24.5. The highest BCUT2D eigenvalue weighted by atomic mass is 32.2. The molecule has 0 aliphatic rings. The molecule has 1 heterocycles. The number of nitrogens with one attached hydrogen (secondary N) is 2. The molecule has 3 rings (SSSR count). The Kier molecular flexibility index (Phi) is 8.94. The number of hydrogen-bond acceptors (Lipinski definition) is 7. The fourth-order valence-corrected chi connectivity index (χ4v) is 3.93. The van der Waals surface area contributed by atoms with Gasteiger partial charge in [-0.2, -0.15) is 0 Å². The lowest BCUT2D eigenvalue weighted by Gasteiger charge is -2.13. The third-order valence-corrected chi connectivity index (χ3v) is 5.98. The number of ether oxygens (including phenoxy) is 2. The van der Waals surface area contributed by atoms with Crippen LogP contribution in [0.5, 0.6) is 11.5 Å². The molecule has 1 aromatic heterocycles. The van der Waals surface area contributed by atoms with Crippen molar-refractivity contribution in [2.24, 2.45) is 0 Å². The maximum absolute atomic E-state index is 12.6. The highest BCUT2D eigenvalue weighted by Gasteiger charge is 2.16. The summed E-state index contributed by atoms with van der Waals surface area (Å²) >= 11 is 1.17. The number of imidazole rings is 1. The minimum atomic E-state index is -0.277.